The van der Waals surface area contributed by atoms with Crippen LogP contribution in [-0.4, -0.2) is 19.1 Å². The Morgan fingerprint density at radius 1 is 1.18 bits per heavy atom. The summed E-state index contributed by atoms with van der Waals surface area (Å²) in [4.78, 5) is 12.2. The SMILES string of the molecule is COc1cccc(O[C@H](C)C(=O)Nc2ccc(Br)c(C)c2)c1. The van der Waals surface area contributed by atoms with Crippen LogP contribution in [0.5, 0.6) is 11.5 Å². The van der Waals surface area contributed by atoms with E-state index >= 15 is 0 Å². The third-order valence-electron chi connectivity index (χ3n) is 3.15. The maximum Gasteiger partial charge on any atom is 0.265 e. The van der Waals surface area contributed by atoms with Crippen molar-refractivity contribution in [2.75, 3.05) is 12.4 Å². The number of hydrogen-bond acceptors (Lipinski definition) is 3. The summed E-state index contributed by atoms with van der Waals surface area (Å²) in [7, 11) is 1.59. The maximum absolute atomic E-state index is 12.2. The van der Waals surface area contributed by atoms with E-state index in [2.05, 4.69) is 21.2 Å². The average Bonchev–Trinajstić information content (AvgIpc) is 2.51. The molecule has 4 nitrogen and oxygen atoms in total. The number of rotatable bonds is 5. The van der Waals surface area contributed by atoms with Gasteiger partial charge in [0.25, 0.3) is 5.91 Å². The minimum atomic E-state index is -0.615. The number of hydrogen-bond donors (Lipinski definition) is 1. The van der Waals surface area contributed by atoms with Crippen LogP contribution in [0.2, 0.25) is 0 Å². The Balaban J connectivity index is 2.00. The Morgan fingerprint density at radius 2 is 1.91 bits per heavy atom. The van der Waals surface area contributed by atoms with Crippen LogP contribution in [0.15, 0.2) is 46.9 Å². The van der Waals surface area contributed by atoms with Crippen LogP contribution >= 0.6 is 15.9 Å². The van der Waals surface area contributed by atoms with E-state index in [0.29, 0.717) is 11.5 Å². The lowest BCUT2D eigenvalue weighted by atomic mass is 10.2. The van der Waals surface area contributed by atoms with E-state index < -0.39 is 6.10 Å². The Kier molecular flexibility index (Phi) is 5.44. The molecular formula is C17H18BrNO3. The van der Waals surface area contributed by atoms with E-state index in [-0.39, 0.29) is 5.91 Å². The number of ether oxygens (including phenoxy) is 2. The van der Waals surface area contributed by atoms with E-state index in [0.717, 1.165) is 15.7 Å². The number of carbonyl (C=O) groups is 1. The average molecular weight is 364 g/mol. The first-order valence-corrected chi connectivity index (χ1v) is 7.66. The molecular weight excluding hydrogens is 346 g/mol. The van der Waals surface area contributed by atoms with Gasteiger partial charge in [-0.25, -0.2) is 0 Å². The standard InChI is InChI=1S/C17H18BrNO3/c1-11-9-13(7-8-16(11)18)19-17(20)12(2)22-15-6-4-5-14(10-15)21-3/h4-10,12H,1-3H3,(H,19,20)/t12-/m1/s1. The van der Waals surface area contributed by atoms with Crippen LogP contribution in [0, 0.1) is 6.92 Å². The fourth-order valence-corrected chi connectivity index (χ4v) is 2.15. The number of methoxy groups -OCH3 is 1. The molecule has 0 aliphatic rings. The molecule has 2 aromatic rings. The van der Waals surface area contributed by atoms with Crippen LogP contribution in [0.1, 0.15) is 12.5 Å². The van der Waals surface area contributed by atoms with E-state index in [1.165, 1.54) is 0 Å². The summed E-state index contributed by atoms with van der Waals surface area (Å²) >= 11 is 3.43. The molecule has 0 radical (unpaired) electrons. The molecule has 0 bridgehead atoms. The van der Waals surface area contributed by atoms with Crippen molar-refractivity contribution in [2.45, 2.75) is 20.0 Å². The van der Waals surface area contributed by atoms with Crippen molar-refractivity contribution in [3.05, 3.63) is 52.5 Å². The zero-order valence-electron chi connectivity index (χ0n) is 12.7. The molecule has 2 rings (SSSR count). The van der Waals surface area contributed by atoms with Crippen molar-refractivity contribution in [1.82, 2.24) is 0 Å². The monoisotopic (exact) mass is 363 g/mol. The molecule has 1 N–H and O–H groups in total. The highest BCUT2D eigenvalue weighted by atomic mass is 79.9. The molecule has 0 aliphatic carbocycles. The summed E-state index contributed by atoms with van der Waals surface area (Å²) in [6.07, 6.45) is -0.615. The van der Waals surface area contributed by atoms with E-state index in [1.807, 2.05) is 37.3 Å². The van der Waals surface area contributed by atoms with Crippen molar-refractivity contribution < 1.29 is 14.3 Å². The lowest BCUT2D eigenvalue weighted by Gasteiger charge is -2.15. The molecule has 0 spiro atoms. The smallest absolute Gasteiger partial charge is 0.265 e. The number of aryl methyl sites for hydroxylation is 1. The number of carbonyl (C=O) groups excluding carboxylic acids is 1. The van der Waals surface area contributed by atoms with Gasteiger partial charge in [-0.05, 0) is 49.7 Å². The quantitative estimate of drug-likeness (QED) is 0.866. The van der Waals surface area contributed by atoms with E-state index in [1.54, 1.807) is 26.2 Å². The summed E-state index contributed by atoms with van der Waals surface area (Å²) in [6, 6.07) is 12.8. The van der Waals surface area contributed by atoms with Gasteiger partial charge in [-0.1, -0.05) is 22.0 Å². The van der Waals surface area contributed by atoms with Gasteiger partial charge in [-0.3, -0.25) is 4.79 Å². The number of nitrogens with one attached hydrogen (secondary N) is 1. The summed E-state index contributed by atoms with van der Waals surface area (Å²) in [5.41, 5.74) is 1.80. The Hall–Kier alpha value is -2.01. The maximum atomic E-state index is 12.2. The molecule has 0 heterocycles. The fourth-order valence-electron chi connectivity index (χ4n) is 1.90. The Labute approximate surface area is 138 Å². The van der Waals surface area contributed by atoms with Gasteiger partial charge in [-0.15, -0.1) is 0 Å². The van der Waals surface area contributed by atoms with Gasteiger partial charge in [-0.2, -0.15) is 0 Å². The molecule has 0 unspecified atom stereocenters. The largest absolute Gasteiger partial charge is 0.497 e. The lowest BCUT2D eigenvalue weighted by Crippen LogP contribution is -2.30. The molecule has 0 aromatic heterocycles. The number of benzene rings is 2. The van der Waals surface area contributed by atoms with E-state index in [9.17, 15) is 4.79 Å². The second kappa shape index (κ2) is 7.31. The van der Waals surface area contributed by atoms with Crippen LogP contribution in [0.4, 0.5) is 5.69 Å². The summed E-state index contributed by atoms with van der Waals surface area (Å²) < 4.78 is 11.8. The molecule has 0 saturated heterocycles. The summed E-state index contributed by atoms with van der Waals surface area (Å²) in [5, 5.41) is 2.84. The van der Waals surface area contributed by atoms with Gasteiger partial charge in [0.1, 0.15) is 11.5 Å². The molecule has 1 amide bonds. The van der Waals surface area contributed by atoms with Gasteiger partial charge >= 0.3 is 0 Å². The molecule has 0 fully saturated rings. The van der Waals surface area contributed by atoms with Crippen molar-refractivity contribution >= 4 is 27.5 Å². The Morgan fingerprint density at radius 3 is 2.59 bits per heavy atom. The molecule has 116 valence electrons. The highest BCUT2D eigenvalue weighted by Gasteiger charge is 2.15. The summed E-state index contributed by atoms with van der Waals surface area (Å²) in [5.74, 6) is 1.08. The van der Waals surface area contributed by atoms with Crippen molar-refractivity contribution in [3.63, 3.8) is 0 Å². The second-order valence-corrected chi connectivity index (χ2v) is 5.75. The van der Waals surface area contributed by atoms with Gasteiger partial charge in [0.2, 0.25) is 0 Å². The number of halogens is 1. The van der Waals surface area contributed by atoms with Crippen molar-refractivity contribution in [1.29, 1.82) is 0 Å². The Bertz CT molecular complexity index is 673. The van der Waals surface area contributed by atoms with Crippen LogP contribution in [0.3, 0.4) is 0 Å². The first-order chi connectivity index (χ1) is 10.5. The lowest BCUT2D eigenvalue weighted by molar-refractivity contribution is -0.122. The van der Waals surface area contributed by atoms with Gasteiger partial charge in [0.15, 0.2) is 6.10 Å². The topological polar surface area (TPSA) is 47.6 Å². The molecule has 22 heavy (non-hydrogen) atoms. The third kappa shape index (κ3) is 4.24. The van der Waals surface area contributed by atoms with Gasteiger partial charge < -0.3 is 14.8 Å². The minimum Gasteiger partial charge on any atom is -0.497 e. The van der Waals surface area contributed by atoms with Crippen LogP contribution in [0.25, 0.3) is 0 Å². The molecule has 5 heteroatoms. The predicted octanol–water partition coefficient (Wildman–Crippen LogP) is 4.17. The first kappa shape index (κ1) is 16.4. The van der Waals surface area contributed by atoms with Crippen LogP contribution < -0.4 is 14.8 Å². The molecule has 1 atom stereocenters. The zero-order chi connectivity index (χ0) is 16.1. The van der Waals surface area contributed by atoms with E-state index in [4.69, 9.17) is 9.47 Å². The molecule has 0 saturated carbocycles. The third-order valence-corrected chi connectivity index (χ3v) is 4.04. The fraction of sp³-hybridized carbons (Fsp3) is 0.235. The first-order valence-electron chi connectivity index (χ1n) is 6.87. The molecule has 0 aliphatic heterocycles. The highest BCUT2D eigenvalue weighted by Crippen LogP contribution is 2.22. The zero-order valence-corrected chi connectivity index (χ0v) is 14.3. The van der Waals surface area contributed by atoms with Crippen LogP contribution in [-0.2, 0) is 4.79 Å². The number of amides is 1. The predicted molar refractivity (Wildman–Crippen MR) is 90.6 cm³/mol. The van der Waals surface area contributed by atoms with Gasteiger partial charge in [0.05, 0.1) is 7.11 Å². The number of anilines is 1. The normalized spacial score (nSPS) is 11.6. The highest BCUT2D eigenvalue weighted by molar-refractivity contribution is 9.10. The van der Waals surface area contributed by atoms with Gasteiger partial charge in [0, 0.05) is 16.2 Å². The van der Waals surface area contributed by atoms with Crippen molar-refractivity contribution in [3.8, 4) is 11.5 Å². The minimum absolute atomic E-state index is 0.204. The molecule has 2 aromatic carbocycles. The van der Waals surface area contributed by atoms with Crippen molar-refractivity contribution in [2.24, 2.45) is 0 Å². The summed E-state index contributed by atoms with van der Waals surface area (Å²) in [6.45, 7) is 3.68. The second-order valence-electron chi connectivity index (χ2n) is 4.89.